The number of nitrogens with two attached hydrogens (primary N) is 1. The second-order valence-corrected chi connectivity index (χ2v) is 8.31. The molecule has 1 fully saturated rings. The molecule has 1 aromatic rings. The summed E-state index contributed by atoms with van der Waals surface area (Å²) in [5.74, 6) is 0. The van der Waals surface area contributed by atoms with Crippen LogP contribution in [0.2, 0.25) is 0 Å². The number of hydrogen-bond acceptors (Lipinski definition) is 5. The Balaban J connectivity index is 2.23. The molecule has 0 aliphatic carbocycles. The van der Waals surface area contributed by atoms with Gasteiger partial charge in [-0.05, 0) is 37.6 Å². The summed E-state index contributed by atoms with van der Waals surface area (Å²) in [6.45, 7) is 1.44. The van der Waals surface area contributed by atoms with Gasteiger partial charge in [-0.25, -0.2) is 26.7 Å². The number of hydrogen-bond donors (Lipinski definition) is 3. The van der Waals surface area contributed by atoms with Crippen molar-refractivity contribution >= 4 is 20.0 Å². The average molecular weight is 333 g/mol. The van der Waals surface area contributed by atoms with E-state index in [2.05, 4.69) is 10.0 Å². The van der Waals surface area contributed by atoms with Gasteiger partial charge < -0.3 is 5.32 Å². The van der Waals surface area contributed by atoms with E-state index in [4.69, 9.17) is 5.14 Å². The highest BCUT2D eigenvalue weighted by Gasteiger charge is 2.22. The molecule has 0 bridgehead atoms. The molecule has 0 saturated carbocycles. The van der Waals surface area contributed by atoms with Crippen molar-refractivity contribution in [2.45, 2.75) is 35.1 Å². The molecule has 7 nitrogen and oxygen atoms in total. The number of benzene rings is 1. The van der Waals surface area contributed by atoms with Crippen molar-refractivity contribution in [1.82, 2.24) is 10.0 Å². The molecule has 1 atom stereocenters. The molecule has 21 heavy (non-hydrogen) atoms. The van der Waals surface area contributed by atoms with Gasteiger partial charge in [-0.15, -0.1) is 0 Å². The lowest BCUT2D eigenvalue weighted by Crippen LogP contribution is -2.40. The van der Waals surface area contributed by atoms with E-state index in [0.717, 1.165) is 31.9 Å². The minimum Gasteiger partial charge on any atom is -0.315 e. The van der Waals surface area contributed by atoms with Gasteiger partial charge in [0.05, 0.1) is 9.79 Å². The molecule has 1 aliphatic heterocycles. The van der Waals surface area contributed by atoms with Crippen LogP contribution in [0.1, 0.15) is 19.3 Å². The van der Waals surface area contributed by atoms with Gasteiger partial charge in [-0.1, -0.05) is 12.5 Å². The number of primary sulfonamides is 1. The first kappa shape index (κ1) is 16.4. The summed E-state index contributed by atoms with van der Waals surface area (Å²) in [6.07, 6.45) is 2.71. The van der Waals surface area contributed by atoms with Crippen molar-refractivity contribution in [3.05, 3.63) is 24.3 Å². The first-order valence-corrected chi connectivity index (χ1v) is 9.68. The molecule has 1 aromatic carbocycles. The van der Waals surface area contributed by atoms with Crippen LogP contribution in [0.4, 0.5) is 0 Å². The summed E-state index contributed by atoms with van der Waals surface area (Å²) in [7, 11) is -7.70. The molecule has 0 aromatic heterocycles. The van der Waals surface area contributed by atoms with E-state index >= 15 is 0 Å². The maximum absolute atomic E-state index is 12.3. The van der Waals surface area contributed by atoms with E-state index in [1.165, 1.54) is 18.2 Å². The van der Waals surface area contributed by atoms with E-state index in [-0.39, 0.29) is 15.8 Å². The SMILES string of the molecule is NS(=O)(=O)c1cccc(S(=O)(=O)NC2CCCCNC2)c1. The first-order valence-electron chi connectivity index (χ1n) is 6.65. The van der Waals surface area contributed by atoms with Crippen LogP contribution in [0.5, 0.6) is 0 Å². The number of rotatable bonds is 4. The second-order valence-electron chi connectivity index (χ2n) is 5.04. The van der Waals surface area contributed by atoms with Crippen LogP contribution in [0.3, 0.4) is 0 Å². The number of nitrogens with one attached hydrogen (secondary N) is 2. The minimum atomic E-state index is -3.93. The first-order chi connectivity index (χ1) is 9.79. The lowest BCUT2D eigenvalue weighted by molar-refractivity contribution is 0.521. The van der Waals surface area contributed by atoms with Crippen LogP contribution in [-0.4, -0.2) is 36.0 Å². The molecule has 4 N–H and O–H groups in total. The summed E-state index contributed by atoms with van der Waals surface area (Å²) < 4.78 is 49.8. The van der Waals surface area contributed by atoms with Gasteiger partial charge in [0.15, 0.2) is 0 Å². The molecular weight excluding hydrogens is 314 g/mol. The molecule has 1 saturated heterocycles. The van der Waals surface area contributed by atoms with E-state index < -0.39 is 20.0 Å². The third-order valence-corrected chi connectivity index (χ3v) is 5.74. The summed E-state index contributed by atoms with van der Waals surface area (Å²) in [5.41, 5.74) is 0. The van der Waals surface area contributed by atoms with Crippen LogP contribution in [0.25, 0.3) is 0 Å². The monoisotopic (exact) mass is 333 g/mol. The van der Waals surface area contributed by atoms with Crippen molar-refractivity contribution in [2.24, 2.45) is 5.14 Å². The molecule has 0 radical (unpaired) electrons. The van der Waals surface area contributed by atoms with Crippen molar-refractivity contribution < 1.29 is 16.8 Å². The Bertz CT molecular complexity index is 693. The molecule has 0 amide bonds. The molecule has 1 heterocycles. The van der Waals surface area contributed by atoms with Crippen LogP contribution < -0.4 is 15.2 Å². The Morgan fingerprint density at radius 2 is 1.86 bits per heavy atom. The van der Waals surface area contributed by atoms with Crippen molar-refractivity contribution in [3.63, 3.8) is 0 Å². The highest BCUT2D eigenvalue weighted by Crippen LogP contribution is 2.16. The molecule has 2 rings (SSSR count). The van der Waals surface area contributed by atoms with Gasteiger partial charge in [0, 0.05) is 12.6 Å². The molecule has 9 heteroatoms. The summed E-state index contributed by atoms with van der Waals surface area (Å²) >= 11 is 0. The summed E-state index contributed by atoms with van der Waals surface area (Å²) in [4.78, 5) is -0.317. The Kier molecular flexibility index (Phi) is 4.99. The van der Waals surface area contributed by atoms with Crippen molar-refractivity contribution in [3.8, 4) is 0 Å². The standard InChI is InChI=1S/C12H19N3O4S2/c13-20(16,17)11-5-3-6-12(8-11)21(18,19)15-10-4-1-2-7-14-9-10/h3,5-6,8,10,14-15H,1-2,4,7,9H2,(H2,13,16,17). The van der Waals surface area contributed by atoms with Crippen LogP contribution in [-0.2, 0) is 20.0 Å². The zero-order valence-corrected chi connectivity index (χ0v) is 13.1. The molecular formula is C12H19N3O4S2. The van der Waals surface area contributed by atoms with Crippen LogP contribution >= 0.6 is 0 Å². The topological polar surface area (TPSA) is 118 Å². The third kappa shape index (κ3) is 4.48. The van der Waals surface area contributed by atoms with E-state index in [1.807, 2.05) is 0 Å². The zero-order valence-electron chi connectivity index (χ0n) is 11.4. The predicted molar refractivity (Wildman–Crippen MR) is 78.6 cm³/mol. The lowest BCUT2D eigenvalue weighted by Gasteiger charge is -2.16. The zero-order chi connectivity index (χ0) is 15.5. The molecule has 118 valence electrons. The molecule has 0 spiro atoms. The fourth-order valence-corrected chi connectivity index (χ4v) is 4.18. The quantitative estimate of drug-likeness (QED) is 0.702. The van der Waals surface area contributed by atoms with E-state index in [9.17, 15) is 16.8 Å². The highest BCUT2D eigenvalue weighted by atomic mass is 32.2. The smallest absolute Gasteiger partial charge is 0.240 e. The van der Waals surface area contributed by atoms with Crippen LogP contribution in [0, 0.1) is 0 Å². The third-order valence-electron chi connectivity index (χ3n) is 3.31. The van der Waals surface area contributed by atoms with Gasteiger partial charge in [0.25, 0.3) is 0 Å². The molecule has 1 unspecified atom stereocenters. The van der Waals surface area contributed by atoms with Gasteiger partial charge in [0.2, 0.25) is 20.0 Å². The Morgan fingerprint density at radius 3 is 2.57 bits per heavy atom. The van der Waals surface area contributed by atoms with Gasteiger partial charge >= 0.3 is 0 Å². The van der Waals surface area contributed by atoms with Crippen LogP contribution in [0.15, 0.2) is 34.1 Å². The summed E-state index contributed by atoms with van der Waals surface area (Å²) in [5, 5.41) is 8.19. The fourth-order valence-electron chi connectivity index (χ4n) is 2.23. The van der Waals surface area contributed by atoms with Gasteiger partial charge in [0.1, 0.15) is 0 Å². The maximum atomic E-state index is 12.3. The van der Waals surface area contributed by atoms with E-state index in [1.54, 1.807) is 0 Å². The van der Waals surface area contributed by atoms with Gasteiger partial charge in [-0.3, -0.25) is 0 Å². The second kappa shape index (κ2) is 6.41. The molecule has 1 aliphatic rings. The highest BCUT2D eigenvalue weighted by molar-refractivity contribution is 7.90. The predicted octanol–water partition coefficient (Wildman–Crippen LogP) is -0.246. The van der Waals surface area contributed by atoms with Crippen molar-refractivity contribution in [2.75, 3.05) is 13.1 Å². The Hall–Kier alpha value is -1.00. The van der Waals surface area contributed by atoms with Crippen molar-refractivity contribution in [1.29, 1.82) is 0 Å². The Labute approximate surface area is 125 Å². The summed E-state index contributed by atoms with van der Waals surface area (Å²) in [6, 6.07) is 4.85. The normalized spacial score (nSPS) is 20.9. The largest absolute Gasteiger partial charge is 0.315 e. The van der Waals surface area contributed by atoms with E-state index in [0.29, 0.717) is 6.54 Å². The van der Waals surface area contributed by atoms with Gasteiger partial charge in [-0.2, -0.15) is 0 Å². The Morgan fingerprint density at radius 1 is 1.14 bits per heavy atom. The average Bonchev–Trinajstić information content (AvgIpc) is 2.66. The lowest BCUT2D eigenvalue weighted by atomic mass is 10.2. The number of sulfonamides is 2. The fraction of sp³-hybridized carbons (Fsp3) is 0.500. The minimum absolute atomic E-state index is 0.0988. The maximum Gasteiger partial charge on any atom is 0.240 e.